The van der Waals surface area contributed by atoms with Gasteiger partial charge in [-0.25, -0.2) is 0 Å². The molecule has 0 bridgehead atoms. The highest BCUT2D eigenvalue weighted by Crippen LogP contribution is 2.17. The first kappa shape index (κ1) is 23.4. The molecule has 3 aromatic carbocycles. The highest BCUT2D eigenvalue weighted by atomic mass is 16.5. The molecule has 0 saturated heterocycles. The van der Waals surface area contributed by atoms with Crippen molar-refractivity contribution in [3.63, 3.8) is 0 Å². The number of allylic oxidation sites excluding steroid dienone is 1. The summed E-state index contributed by atoms with van der Waals surface area (Å²) in [6.07, 6.45) is 9.25. The van der Waals surface area contributed by atoms with Gasteiger partial charge in [-0.05, 0) is 41.3 Å². The van der Waals surface area contributed by atoms with Gasteiger partial charge in [0.15, 0.2) is 0 Å². The van der Waals surface area contributed by atoms with E-state index in [-0.39, 0.29) is 11.7 Å². The van der Waals surface area contributed by atoms with Gasteiger partial charge in [-0.3, -0.25) is 4.79 Å². The summed E-state index contributed by atoms with van der Waals surface area (Å²) >= 11 is 0. The summed E-state index contributed by atoms with van der Waals surface area (Å²) in [7, 11) is 0. The van der Waals surface area contributed by atoms with Gasteiger partial charge in [0.25, 0.3) is 0 Å². The van der Waals surface area contributed by atoms with E-state index in [9.17, 15) is 4.79 Å². The smallest absolute Gasteiger partial charge is 0.310 e. The van der Waals surface area contributed by atoms with Crippen molar-refractivity contribution >= 4 is 24.2 Å². The molecule has 0 fully saturated rings. The van der Waals surface area contributed by atoms with Crippen molar-refractivity contribution in [1.82, 2.24) is 0 Å². The van der Waals surface area contributed by atoms with Crippen molar-refractivity contribution in [2.75, 3.05) is 0 Å². The molecule has 0 saturated carbocycles. The molecule has 0 atom stereocenters. The minimum Gasteiger partial charge on any atom is -0.507 e. The van der Waals surface area contributed by atoms with Gasteiger partial charge in [-0.2, -0.15) is 0 Å². The van der Waals surface area contributed by atoms with Gasteiger partial charge in [0.1, 0.15) is 11.5 Å². The number of phenols is 1. The normalized spacial score (nSPS) is 10.5. The minimum absolute atomic E-state index is 0.216. The van der Waals surface area contributed by atoms with Gasteiger partial charge in [-0.15, -0.1) is 0 Å². The number of phenolic OH excluding ortho intramolecular Hbond substituents is 1. The van der Waals surface area contributed by atoms with Gasteiger partial charge >= 0.3 is 5.97 Å². The number of hydrogen-bond acceptors (Lipinski definition) is 3. The van der Waals surface area contributed by atoms with Crippen LogP contribution in [-0.2, 0) is 11.2 Å². The van der Waals surface area contributed by atoms with Crippen molar-refractivity contribution in [3.05, 3.63) is 114 Å². The van der Waals surface area contributed by atoms with Gasteiger partial charge in [-0.1, -0.05) is 99.0 Å². The predicted octanol–water partition coefficient (Wildman–Crippen LogP) is 6.94. The van der Waals surface area contributed by atoms with Crippen molar-refractivity contribution in [2.45, 2.75) is 19.8 Å². The van der Waals surface area contributed by atoms with Crippen LogP contribution in [0.2, 0.25) is 0 Å². The van der Waals surface area contributed by atoms with Crippen LogP contribution in [0.1, 0.15) is 35.6 Å². The van der Waals surface area contributed by atoms with Crippen molar-refractivity contribution in [1.29, 1.82) is 0 Å². The lowest BCUT2D eigenvalue weighted by atomic mass is 10.1. The Labute approximate surface area is 184 Å². The second kappa shape index (κ2) is 12.7. The first-order valence-corrected chi connectivity index (χ1v) is 10.2. The molecule has 3 aromatic rings. The summed E-state index contributed by atoms with van der Waals surface area (Å²) in [6, 6.07) is 22.8. The molecule has 1 aliphatic rings. The van der Waals surface area contributed by atoms with Crippen LogP contribution in [0.5, 0.6) is 11.5 Å². The van der Waals surface area contributed by atoms with E-state index in [0.29, 0.717) is 12.2 Å². The van der Waals surface area contributed by atoms with E-state index >= 15 is 0 Å². The maximum absolute atomic E-state index is 10.9. The quantitative estimate of drug-likeness (QED) is 0.373. The molecule has 1 aliphatic carbocycles. The zero-order chi connectivity index (χ0) is 22.5. The van der Waals surface area contributed by atoms with Crippen LogP contribution in [0.4, 0.5) is 0 Å². The second-order valence-electron chi connectivity index (χ2n) is 6.67. The average Bonchev–Trinajstić information content (AvgIpc) is 3.30. The fourth-order valence-electron chi connectivity index (χ4n) is 2.73. The third-order valence-electron chi connectivity index (χ3n) is 4.48. The van der Waals surface area contributed by atoms with Gasteiger partial charge in [0, 0.05) is 12.0 Å². The van der Waals surface area contributed by atoms with E-state index < -0.39 is 0 Å². The van der Waals surface area contributed by atoms with Crippen LogP contribution in [0.3, 0.4) is 0 Å². The first-order valence-electron chi connectivity index (χ1n) is 10.2. The summed E-state index contributed by atoms with van der Waals surface area (Å²) < 4.78 is 4.99. The standard InChI is InChI=1S/C11H12O2.C9H8.C8H8O/c1-3-9-5-7-10(8-6-9)13-11(12)4-2;1-2-5-9-7-3-6-8(9)4-1;1-2-7-5-3-4-6-8(7)9/h3,5-8H,1,4H2,2H3;1-6H,7H2;2-6,9H,1H2. The fraction of sp³-hybridized carbons (Fsp3) is 0.107. The molecule has 31 heavy (non-hydrogen) atoms. The maximum atomic E-state index is 10.9. The maximum Gasteiger partial charge on any atom is 0.310 e. The number of carbonyl (C=O) groups excluding carboxylic acids is 1. The van der Waals surface area contributed by atoms with Crippen molar-refractivity contribution < 1.29 is 14.6 Å². The molecule has 0 aliphatic heterocycles. The van der Waals surface area contributed by atoms with Gasteiger partial charge < -0.3 is 9.84 Å². The molecule has 0 aromatic heterocycles. The van der Waals surface area contributed by atoms with Crippen LogP contribution in [-0.4, -0.2) is 11.1 Å². The summed E-state index contributed by atoms with van der Waals surface area (Å²) in [5.74, 6) is 0.649. The Morgan fingerprint density at radius 3 is 2.23 bits per heavy atom. The number of carbonyl (C=O) groups is 1. The Hall–Kier alpha value is -3.85. The van der Waals surface area contributed by atoms with Crippen LogP contribution < -0.4 is 4.74 Å². The number of aromatic hydroxyl groups is 1. The molecule has 0 unspecified atom stereocenters. The number of para-hydroxylation sites is 1. The first-order chi connectivity index (χ1) is 15.1. The number of hydrogen-bond donors (Lipinski definition) is 1. The number of fused-ring (bicyclic) bond motifs is 1. The Bertz CT molecular complexity index is 1020. The highest BCUT2D eigenvalue weighted by Gasteiger charge is 2.01. The van der Waals surface area contributed by atoms with E-state index in [0.717, 1.165) is 17.5 Å². The van der Waals surface area contributed by atoms with E-state index in [2.05, 4.69) is 49.6 Å². The predicted molar refractivity (Wildman–Crippen MR) is 130 cm³/mol. The van der Waals surface area contributed by atoms with Gasteiger partial charge in [0.05, 0.1) is 0 Å². The van der Waals surface area contributed by atoms with E-state index in [1.165, 1.54) is 11.1 Å². The van der Waals surface area contributed by atoms with Crippen LogP contribution in [0, 0.1) is 0 Å². The molecular weight excluding hydrogens is 384 g/mol. The van der Waals surface area contributed by atoms with E-state index in [1.807, 2.05) is 24.3 Å². The number of rotatable bonds is 4. The Morgan fingerprint density at radius 2 is 1.65 bits per heavy atom. The SMILES string of the molecule is C1=Cc2ccccc2C1.C=Cc1ccc(OC(=O)CC)cc1.C=Cc1ccccc1O. The molecule has 4 rings (SSSR count). The number of esters is 1. The van der Waals surface area contributed by atoms with E-state index in [1.54, 1.807) is 43.3 Å². The van der Waals surface area contributed by atoms with Crippen molar-refractivity contribution in [2.24, 2.45) is 0 Å². The second-order valence-corrected chi connectivity index (χ2v) is 6.67. The lowest BCUT2D eigenvalue weighted by molar-refractivity contribution is -0.134. The molecule has 3 nitrogen and oxygen atoms in total. The van der Waals surface area contributed by atoms with Crippen LogP contribution >= 0.6 is 0 Å². The third kappa shape index (κ3) is 7.82. The minimum atomic E-state index is -0.216. The lowest BCUT2D eigenvalue weighted by Crippen LogP contribution is -2.05. The number of ether oxygens (including phenoxy) is 1. The summed E-state index contributed by atoms with van der Waals surface area (Å²) in [4.78, 5) is 10.9. The number of benzene rings is 3. The monoisotopic (exact) mass is 412 g/mol. The lowest BCUT2D eigenvalue weighted by Gasteiger charge is -2.01. The summed E-state index contributed by atoms with van der Waals surface area (Å²) in [5.41, 5.74) is 4.63. The summed E-state index contributed by atoms with van der Waals surface area (Å²) in [6.45, 7) is 8.93. The topological polar surface area (TPSA) is 46.5 Å². The molecule has 0 radical (unpaired) electrons. The molecule has 1 N–H and O–H groups in total. The zero-order valence-corrected chi connectivity index (χ0v) is 17.8. The highest BCUT2D eigenvalue weighted by molar-refractivity contribution is 5.72. The Kier molecular flexibility index (Phi) is 9.57. The molecule has 3 heteroatoms. The molecule has 0 spiro atoms. The van der Waals surface area contributed by atoms with Gasteiger partial charge in [0.2, 0.25) is 0 Å². The molecule has 158 valence electrons. The third-order valence-corrected chi connectivity index (χ3v) is 4.48. The largest absolute Gasteiger partial charge is 0.507 e. The van der Waals surface area contributed by atoms with Crippen molar-refractivity contribution in [3.8, 4) is 11.5 Å². The zero-order valence-electron chi connectivity index (χ0n) is 17.8. The average molecular weight is 413 g/mol. The molecule has 0 amide bonds. The van der Waals surface area contributed by atoms with Crippen LogP contribution in [0.15, 0.2) is 92.0 Å². The molecular formula is C28H28O3. The Balaban J connectivity index is 0.000000169. The van der Waals surface area contributed by atoms with Crippen LogP contribution in [0.25, 0.3) is 18.2 Å². The molecule has 0 heterocycles. The summed E-state index contributed by atoms with van der Waals surface area (Å²) in [5, 5.41) is 9.04. The fourth-order valence-corrected chi connectivity index (χ4v) is 2.73. The Morgan fingerprint density at radius 1 is 0.968 bits per heavy atom. The van der Waals surface area contributed by atoms with E-state index in [4.69, 9.17) is 9.84 Å².